The molecule has 1 aromatic rings. The van der Waals surface area contributed by atoms with Crippen molar-refractivity contribution in [2.45, 2.75) is 26.7 Å². The Morgan fingerprint density at radius 1 is 1.57 bits per heavy atom. The molecule has 0 N–H and O–H groups in total. The summed E-state index contributed by atoms with van der Waals surface area (Å²) in [6.07, 6.45) is 1.69. The molecule has 0 aliphatic rings. The summed E-state index contributed by atoms with van der Waals surface area (Å²) in [6, 6.07) is 0. The van der Waals surface area contributed by atoms with Crippen molar-refractivity contribution in [2.24, 2.45) is 5.92 Å². The third-order valence-electron chi connectivity index (χ3n) is 2.17. The van der Waals surface area contributed by atoms with Crippen molar-refractivity contribution < 1.29 is 4.79 Å². The molecule has 0 spiro atoms. The van der Waals surface area contributed by atoms with Gasteiger partial charge in [0.05, 0.1) is 9.35 Å². The van der Waals surface area contributed by atoms with E-state index in [4.69, 9.17) is 0 Å². The lowest BCUT2D eigenvalue weighted by molar-refractivity contribution is 0.0967. The molecule has 1 heterocycles. The van der Waals surface area contributed by atoms with E-state index < -0.39 is 0 Å². The van der Waals surface area contributed by atoms with Crippen LogP contribution in [-0.4, -0.2) is 5.78 Å². The molecule has 1 aromatic heterocycles. The third kappa shape index (κ3) is 2.91. The van der Waals surface area contributed by atoms with Crippen LogP contribution in [0.2, 0.25) is 0 Å². The molecular formula is C10H12Br2OS. The van der Waals surface area contributed by atoms with Gasteiger partial charge in [0.1, 0.15) is 0 Å². The van der Waals surface area contributed by atoms with Gasteiger partial charge in [-0.05, 0) is 37.8 Å². The topological polar surface area (TPSA) is 17.1 Å². The Balaban J connectivity index is 2.75. The molecule has 0 aliphatic heterocycles. The van der Waals surface area contributed by atoms with E-state index in [1.807, 2.05) is 5.38 Å². The van der Waals surface area contributed by atoms with E-state index >= 15 is 0 Å². The third-order valence-corrected chi connectivity index (χ3v) is 5.74. The summed E-state index contributed by atoms with van der Waals surface area (Å²) < 4.78 is 1.87. The summed E-state index contributed by atoms with van der Waals surface area (Å²) >= 11 is 8.28. The molecule has 4 heteroatoms. The van der Waals surface area contributed by atoms with Crippen molar-refractivity contribution in [3.05, 3.63) is 19.2 Å². The summed E-state index contributed by atoms with van der Waals surface area (Å²) in [5.74, 6) is 0.706. The predicted octanol–water partition coefficient (Wildman–Crippen LogP) is 4.89. The highest BCUT2D eigenvalue weighted by Gasteiger charge is 2.16. The van der Waals surface area contributed by atoms with Crippen molar-refractivity contribution in [1.82, 2.24) is 0 Å². The van der Waals surface area contributed by atoms with E-state index in [1.54, 1.807) is 0 Å². The average Bonchev–Trinajstić information content (AvgIpc) is 2.47. The second-order valence-corrected chi connectivity index (χ2v) is 5.89. The number of ketones is 1. The summed E-state index contributed by atoms with van der Waals surface area (Å²) in [4.78, 5) is 12.6. The van der Waals surface area contributed by atoms with Crippen molar-refractivity contribution in [3.63, 3.8) is 0 Å². The zero-order valence-electron chi connectivity index (χ0n) is 8.14. The highest BCUT2D eigenvalue weighted by Crippen LogP contribution is 2.33. The number of thiophene rings is 1. The maximum Gasteiger partial charge on any atom is 0.174 e. The van der Waals surface area contributed by atoms with E-state index in [9.17, 15) is 4.79 Å². The number of carbonyl (C=O) groups is 1. The van der Waals surface area contributed by atoms with Gasteiger partial charge in [0.25, 0.3) is 0 Å². The van der Waals surface area contributed by atoms with Gasteiger partial charge in [-0.2, -0.15) is 0 Å². The summed E-state index contributed by atoms with van der Waals surface area (Å²) in [7, 11) is 0. The van der Waals surface area contributed by atoms with Gasteiger partial charge in [0.2, 0.25) is 0 Å². The molecular weight excluding hydrogens is 328 g/mol. The maximum absolute atomic E-state index is 11.8. The number of rotatable bonds is 4. The van der Waals surface area contributed by atoms with Crippen molar-refractivity contribution in [2.75, 3.05) is 0 Å². The summed E-state index contributed by atoms with van der Waals surface area (Å²) in [5, 5.41) is 1.94. The van der Waals surface area contributed by atoms with Gasteiger partial charge >= 0.3 is 0 Å². The van der Waals surface area contributed by atoms with Gasteiger partial charge in [-0.25, -0.2) is 0 Å². The van der Waals surface area contributed by atoms with Crippen LogP contribution in [0.4, 0.5) is 0 Å². The highest BCUT2D eigenvalue weighted by atomic mass is 79.9. The minimum absolute atomic E-state index is 0.238. The van der Waals surface area contributed by atoms with Crippen LogP contribution in [0.3, 0.4) is 0 Å². The number of halogens is 2. The fraction of sp³-hybridized carbons (Fsp3) is 0.500. The van der Waals surface area contributed by atoms with Gasteiger partial charge in [0, 0.05) is 16.3 Å². The number of hydrogen-bond acceptors (Lipinski definition) is 2. The van der Waals surface area contributed by atoms with Crippen LogP contribution in [0.25, 0.3) is 0 Å². The van der Waals surface area contributed by atoms with Crippen LogP contribution in [0, 0.1) is 5.92 Å². The molecule has 78 valence electrons. The fourth-order valence-electron chi connectivity index (χ4n) is 1.06. The molecule has 0 aliphatic carbocycles. The Morgan fingerprint density at radius 3 is 2.64 bits per heavy atom. The molecule has 0 amide bonds. The molecule has 0 fully saturated rings. The minimum atomic E-state index is 0.238. The van der Waals surface area contributed by atoms with Crippen LogP contribution in [0.1, 0.15) is 36.4 Å². The molecule has 1 nitrogen and oxygen atoms in total. The van der Waals surface area contributed by atoms with Gasteiger partial charge in [-0.1, -0.05) is 20.3 Å². The first-order chi connectivity index (χ1) is 6.56. The molecule has 0 bridgehead atoms. The van der Waals surface area contributed by atoms with Crippen molar-refractivity contribution in [3.8, 4) is 0 Å². The van der Waals surface area contributed by atoms with Crippen molar-refractivity contribution in [1.29, 1.82) is 0 Å². The average molecular weight is 340 g/mol. The lowest BCUT2D eigenvalue weighted by atomic mass is 10.0. The Hall–Kier alpha value is 0.330. The Bertz CT molecular complexity index is 333. The van der Waals surface area contributed by atoms with Crippen LogP contribution < -0.4 is 0 Å². The lowest BCUT2D eigenvalue weighted by Gasteiger charge is -2.05. The van der Waals surface area contributed by atoms with E-state index in [0.29, 0.717) is 12.3 Å². The van der Waals surface area contributed by atoms with Crippen LogP contribution >= 0.6 is 43.2 Å². The largest absolute Gasteiger partial charge is 0.293 e. The van der Waals surface area contributed by atoms with Gasteiger partial charge in [0.15, 0.2) is 5.78 Å². The molecule has 0 radical (unpaired) electrons. The Morgan fingerprint density at radius 2 is 2.21 bits per heavy atom. The predicted molar refractivity (Wildman–Crippen MR) is 68.1 cm³/mol. The Kier molecular flexibility index (Phi) is 4.80. The molecule has 14 heavy (non-hydrogen) atoms. The number of Topliss-reactive ketones (excluding diaryl/α,β-unsaturated/α-hetero) is 1. The monoisotopic (exact) mass is 338 g/mol. The number of carbonyl (C=O) groups excluding carboxylic acids is 1. The lowest BCUT2D eigenvalue weighted by Crippen LogP contribution is -2.03. The van der Waals surface area contributed by atoms with Crippen LogP contribution in [0.15, 0.2) is 14.3 Å². The van der Waals surface area contributed by atoms with Crippen LogP contribution in [-0.2, 0) is 0 Å². The standard InChI is InChI=1S/C10H12Br2OS/c1-3-6(2)4-8(13)10-9(12)7(11)5-14-10/h5-6H,3-4H2,1-2H3. The first-order valence-corrected chi connectivity index (χ1v) is 6.98. The maximum atomic E-state index is 11.8. The zero-order chi connectivity index (χ0) is 10.7. The van der Waals surface area contributed by atoms with E-state index in [-0.39, 0.29) is 5.78 Å². The smallest absolute Gasteiger partial charge is 0.174 e. The molecule has 1 atom stereocenters. The van der Waals surface area contributed by atoms with E-state index in [1.165, 1.54) is 11.3 Å². The summed E-state index contributed by atoms with van der Waals surface area (Å²) in [5.41, 5.74) is 0. The highest BCUT2D eigenvalue weighted by molar-refractivity contribution is 9.13. The molecule has 0 aromatic carbocycles. The molecule has 0 saturated heterocycles. The van der Waals surface area contributed by atoms with Gasteiger partial charge in [-0.15, -0.1) is 11.3 Å². The summed E-state index contributed by atoms with van der Waals surface area (Å²) in [6.45, 7) is 4.21. The van der Waals surface area contributed by atoms with Crippen LogP contribution in [0.5, 0.6) is 0 Å². The Labute approximate surface area is 105 Å². The van der Waals surface area contributed by atoms with Crippen molar-refractivity contribution >= 4 is 49.0 Å². The molecule has 0 saturated carbocycles. The molecule has 1 unspecified atom stereocenters. The first-order valence-electron chi connectivity index (χ1n) is 4.52. The second kappa shape index (κ2) is 5.42. The van der Waals surface area contributed by atoms with Gasteiger partial charge in [-0.3, -0.25) is 4.79 Å². The zero-order valence-corrected chi connectivity index (χ0v) is 12.1. The quantitative estimate of drug-likeness (QED) is 0.713. The normalized spacial score (nSPS) is 12.9. The SMILES string of the molecule is CCC(C)CC(=O)c1scc(Br)c1Br. The van der Waals surface area contributed by atoms with E-state index in [0.717, 1.165) is 20.2 Å². The van der Waals surface area contributed by atoms with E-state index in [2.05, 4.69) is 45.7 Å². The van der Waals surface area contributed by atoms with Gasteiger partial charge < -0.3 is 0 Å². The first kappa shape index (κ1) is 12.4. The fourth-order valence-corrected chi connectivity index (χ4v) is 3.21. The minimum Gasteiger partial charge on any atom is -0.293 e. The number of hydrogen-bond donors (Lipinski definition) is 0. The second-order valence-electron chi connectivity index (χ2n) is 3.37. The molecule has 1 rings (SSSR count).